The molecule has 1 heterocycles. The van der Waals surface area contributed by atoms with Crippen molar-refractivity contribution in [1.82, 2.24) is 4.90 Å². The summed E-state index contributed by atoms with van der Waals surface area (Å²) in [5, 5.41) is 0. The average molecular weight is 470 g/mol. The summed E-state index contributed by atoms with van der Waals surface area (Å²) in [6, 6.07) is 23.7. The smallest absolute Gasteiger partial charge is 0.119 e. The van der Waals surface area contributed by atoms with Gasteiger partial charge in [-0.15, -0.1) is 0 Å². The maximum Gasteiger partial charge on any atom is 0.119 e. The summed E-state index contributed by atoms with van der Waals surface area (Å²) in [6.45, 7) is 7.66. The topological polar surface area (TPSA) is 30.9 Å². The van der Waals surface area contributed by atoms with E-state index in [1.54, 1.807) is 14.2 Å². The van der Waals surface area contributed by atoms with Gasteiger partial charge >= 0.3 is 0 Å². The Morgan fingerprint density at radius 3 is 2.34 bits per heavy atom. The van der Waals surface area contributed by atoms with Gasteiger partial charge < -0.3 is 14.2 Å². The van der Waals surface area contributed by atoms with Crippen LogP contribution in [0.5, 0.6) is 17.2 Å². The SMILES string of the molecule is COc1cccc(C2=C(c3ccc(OC[C@@H](C)N4CC[C@H](C)C4)cc3)c3ccc(OC)cc3C2)c1. The van der Waals surface area contributed by atoms with E-state index in [9.17, 15) is 0 Å². The molecule has 0 amide bonds. The molecule has 1 fully saturated rings. The van der Waals surface area contributed by atoms with Crippen molar-refractivity contribution < 1.29 is 14.2 Å². The van der Waals surface area contributed by atoms with Crippen molar-refractivity contribution in [3.8, 4) is 17.2 Å². The summed E-state index contributed by atoms with van der Waals surface area (Å²) >= 11 is 0. The Kier molecular flexibility index (Phi) is 6.83. The van der Waals surface area contributed by atoms with E-state index >= 15 is 0 Å². The van der Waals surface area contributed by atoms with Gasteiger partial charge in [0.2, 0.25) is 0 Å². The van der Waals surface area contributed by atoms with Crippen LogP contribution in [0.3, 0.4) is 0 Å². The molecule has 0 saturated carbocycles. The molecule has 3 aromatic carbocycles. The molecule has 1 aliphatic heterocycles. The zero-order valence-corrected chi connectivity index (χ0v) is 21.2. The molecule has 0 bridgehead atoms. The van der Waals surface area contributed by atoms with Gasteiger partial charge in [0.1, 0.15) is 23.9 Å². The molecule has 3 aromatic rings. The van der Waals surface area contributed by atoms with Crippen molar-refractivity contribution in [2.24, 2.45) is 5.92 Å². The van der Waals surface area contributed by atoms with E-state index in [1.165, 1.54) is 52.9 Å². The van der Waals surface area contributed by atoms with Crippen LogP contribution in [0.15, 0.2) is 66.7 Å². The monoisotopic (exact) mass is 469 g/mol. The molecule has 0 radical (unpaired) electrons. The van der Waals surface area contributed by atoms with Crippen LogP contribution in [0, 0.1) is 5.92 Å². The quantitative estimate of drug-likeness (QED) is 0.386. The van der Waals surface area contributed by atoms with E-state index in [-0.39, 0.29) is 0 Å². The molecule has 0 unspecified atom stereocenters. The molecule has 1 aliphatic carbocycles. The molecule has 35 heavy (non-hydrogen) atoms. The summed E-state index contributed by atoms with van der Waals surface area (Å²) in [5.74, 6) is 3.47. The van der Waals surface area contributed by atoms with Crippen molar-refractivity contribution in [3.63, 3.8) is 0 Å². The summed E-state index contributed by atoms with van der Waals surface area (Å²) < 4.78 is 17.2. The van der Waals surface area contributed by atoms with Gasteiger partial charge in [0.15, 0.2) is 0 Å². The molecule has 5 rings (SSSR count). The Bertz CT molecular complexity index is 1210. The molecular formula is C31H35NO3. The highest BCUT2D eigenvalue weighted by molar-refractivity contribution is 6.04. The van der Waals surface area contributed by atoms with Gasteiger partial charge in [0, 0.05) is 12.6 Å². The second-order valence-electron chi connectivity index (χ2n) is 9.86. The zero-order valence-electron chi connectivity index (χ0n) is 21.2. The second-order valence-corrected chi connectivity index (χ2v) is 9.86. The van der Waals surface area contributed by atoms with Crippen LogP contribution >= 0.6 is 0 Å². The predicted octanol–water partition coefficient (Wildman–Crippen LogP) is 6.33. The number of hydrogen-bond acceptors (Lipinski definition) is 4. The first kappa shape index (κ1) is 23.5. The molecule has 0 aromatic heterocycles. The van der Waals surface area contributed by atoms with Crippen LogP contribution in [0.1, 0.15) is 42.5 Å². The van der Waals surface area contributed by atoms with Crippen LogP contribution in [-0.2, 0) is 6.42 Å². The van der Waals surface area contributed by atoms with Gasteiger partial charge in [0.05, 0.1) is 14.2 Å². The molecule has 1 saturated heterocycles. The number of rotatable bonds is 8. The Labute approximate surface area is 209 Å². The lowest BCUT2D eigenvalue weighted by atomic mass is 9.94. The third kappa shape index (κ3) is 4.94. The Morgan fingerprint density at radius 1 is 0.886 bits per heavy atom. The summed E-state index contributed by atoms with van der Waals surface area (Å²) in [6.07, 6.45) is 2.15. The van der Waals surface area contributed by atoms with Gasteiger partial charge in [-0.3, -0.25) is 4.90 Å². The largest absolute Gasteiger partial charge is 0.497 e. The third-order valence-electron chi connectivity index (χ3n) is 7.38. The average Bonchev–Trinajstić information content (AvgIpc) is 3.51. The van der Waals surface area contributed by atoms with Gasteiger partial charge in [-0.25, -0.2) is 0 Å². The van der Waals surface area contributed by atoms with E-state index in [0.717, 1.165) is 29.6 Å². The normalized spacial score (nSPS) is 18.5. The van der Waals surface area contributed by atoms with Crippen LogP contribution in [0.4, 0.5) is 0 Å². The maximum atomic E-state index is 6.18. The summed E-state index contributed by atoms with van der Waals surface area (Å²) in [7, 11) is 3.43. The number of benzene rings is 3. The Hall–Kier alpha value is -3.24. The maximum absolute atomic E-state index is 6.18. The molecule has 0 N–H and O–H groups in total. The van der Waals surface area contributed by atoms with Gasteiger partial charge in [0.25, 0.3) is 0 Å². The van der Waals surface area contributed by atoms with E-state index < -0.39 is 0 Å². The molecule has 2 aliphatic rings. The summed E-state index contributed by atoms with van der Waals surface area (Å²) in [4.78, 5) is 2.54. The van der Waals surface area contributed by atoms with Gasteiger partial charge in [-0.1, -0.05) is 37.3 Å². The summed E-state index contributed by atoms with van der Waals surface area (Å²) in [5.41, 5.74) is 7.49. The second kappa shape index (κ2) is 10.2. The van der Waals surface area contributed by atoms with Crippen molar-refractivity contribution in [1.29, 1.82) is 0 Å². The number of ether oxygens (including phenoxy) is 3. The first-order chi connectivity index (χ1) is 17.1. The van der Waals surface area contributed by atoms with Crippen molar-refractivity contribution in [3.05, 3.63) is 89.0 Å². The highest BCUT2D eigenvalue weighted by atomic mass is 16.5. The fourth-order valence-corrected chi connectivity index (χ4v) is 5.33. The van der Waals surface area contributed by atoms with Crippen LogP contribution in [0.25, 0.3) is 11.1 Å². The number of nitrogens with zero attached hydrogens (tertiary/aromatic N) is 1. The van der Waals surface area contributed by atoms with Crippen molar-refractivity contribution >= 4 is 11.1 Å². The van der Waals surface area contributed by atoms with E-state index in [1.807, 2.05) is 12.1 Å². The molecule has 182 valence electrons. The zero-order chi connectivity index (χ0) is 24.4. The number of likely N-dealkylation sites (tertiary alicyclic amines) is 1. The first-order valence-electron chi connectivity index (χ1n) is 12.6. The lowest BCUT2D eigenvalue weighted by molar-refractivity contribution is 0.169. The van der Waals surface area contributed by atoms with Crippen molar-refractivity contribution in [2.75, 3.05) is 33.9 Å². The third-order valence-corrected chi connectivity index (χ3v) is 7.38. The number of methoxy groups -OCH3 is 2. The first-order valence-corrected chi connectivity index (χ1v) is 12.6. The Balaban J connectivity index is 1.42. The molecular weight excluding hydrogens is 434 g/mol. The van der Waals surface area contributed by atoms with Crippen LogP contribution < -0.4 is 14.2 Å². The highest BCUT2D eigenvalue weighted by Gasteiger charge is 2.25. The van der Waals surface area contributed by atoms with Gasteiger partial charge in [-0.05, 0) is 102 Å². The van der Waals surface area contributed by atoms with E-state index in [4.69, 9.17) is 14.2 Å². The molecule has 4 nitrogen and oxygen atoms in total. The lowest BCUT2D eigenvalue weighted by Crippen LogP contribution is -2.35. The number of hydrogen-bond donors (Lipinski definition) is 0. The fourth-order valence-electron chi connectivity index (χ4n) is 5.33. The standard InChI is InChI=1S/C31H35NO3/c1-21-14-15-32(19-21)22(2)20-35-26-10-8-23(9-11-26)31-29-13-12-28(34-4)17-25(29)18-30(31)24-6-5-7-27(16-24)33-3/h5-13,16-17,21-22H,14-15,18-20H2,1-4H3/t21-,22+/m0/s1. The fraction of sp³-hybridized carbons (Fsp3) is 0.355. The van der Waals surface area contributed by atoms with Crippen LogP contribution in [-0.4, -0.2) is 44.9 Å². The predicted molar refractivity (Wildman–Crippen MR) is 142 cm³/mol. The number of fused-ring (bicyclic) bond motifs is 1. The molecule has 2 atom stereocenters. The van der Waals surface area contributed by atoms with Crippen molar-refractivity contribution in [2.45, 2.75) is 32.7 Å². The number of allylic oxidation sites excluding steroid dienone is 1. The molecule has 0 spiro atoms. The minimum atomic E-state index is 0.429. The van der Waals surface area contributed by atoms with Crippen LogP contribution in [0.2, 0.25) is 0 Å². The van der Waals surface area contributed by atoms with E-state index in [0.29, 0.717) is 12.6 Å². The Morgan fingerprint density at radius 2 is 1.63 bits per heavy atom. The highest BCUT2D eigenvalue weighted by Crippen LogP contribution is 2.44. The lowest BCUT2D eigenvalue weighted by Gasteiger charge is -2.24. The minimum Gasteiger partial charge on any atom is -0.497 e. The van der Waals surface area contributed by atoms with Gasteiger partial charge in [-0.2, -0.15) is 0 Å². The van der Waals surface area contributed by atoms with E-state index in [2.05, 4.69) is 73.3 Å². The molecule has 4 heteroatoms. The minimum absolute atomic E-state index is 0.429.